The van der Waals surface area contributed by atoms with E-state index in [9.17, 15) is 14.0 Å². The molecule has 1 fully saturated rings. The van der Waals surface area contributed by atoms with Gasteiger partial charge in [-0.1, -0.05) is 44.9 Å². The van der Waals surface area contributed by atoms with Crippen LogP contribution in [-0.4, -0.2) is 11.9 Å². The Morgan fingerprint density at radius 3 is 2.28 bits per heavy atom. The van der Waals surface area contributed by atoms with E-state index in [1.165, 1.54) is 12.1 Å². The van der Waals surface area contributed by atoms with E-state index in [0.29, 0.717) is 11.4 Å². The molecule has 0 unspecified atom stereocenters. The normalized spacial score (nSPS) is 15.2. The zero-order valence-corrected chi connectivity index (χ0v) is 17.1. The summed E-state index contributed by atoms with van der Waals surface area (Å²) in [6.07, 6.45) is 3.64. The minimum Gasteiger partial charge on any atom is -0.328 e. The van der Waals surface area contributed by atoms with Crippen molar-refractivity contribution in [1.82, 2.24) is 5.32 Å². The van der Waals surface area contributed by atoms with Crippen molar-refractivity contribution >= 4 is 23.3 Å². The Kier molecular flexibility index (Phi) is 6.20. The lowest BCUT2D eigenvalue weighted by molar-refractivity contribution is -0.118. The summed E-state index contributed by atoms with van der Waals surface area (Å²) in [5, 5.41) is 8.88. The standard InChI is InChI=1S/C23H28FN3O2/c1-15(2)21(28)25-19-11-6-16(3)20(14-19)26-22(29)27-23(12-4-5-13-23)17-7-9-18(24)10-8-17/h6-11,14-15H,4-5,12-13H2,1-3H3,(H,25,28)(H2,26,27,29). The number of carbonyl (C=O) groups excluding carboxylic acids is 2. The van der Waals surface area contributed by atoms with Gasteiger partial charge in [-0.15, -0.1) is 0 Å². The molecule has 5 nitrogen and oxygen atoms in total. The number of benzene rings is 2. The second-order valence-corrected chi connectivity index (χ2v) is 8.05. The summed E-state index contributed by atoms with van der Waals surface area (Å²) < 4.78 is 13.3. The van der Waals surface area contributed by atoms with Gasteiger partial charge in [0, 0.05) is 17.3 Å². The molecule has 1 aliphatic carbocycles. The molecule has 3 rings (SSSR count). The van der Waals surface area contributed by atoms with Crippen molar-refractivity contribution in [2.75, 3.05) is 10.6 Å². The van der Waals surface area contributed by atoms with E-state index in [4.69, 9.17) is 0 Å². The van der Waals surface area contributed by atoms with Gasteiger partial charge in [-0.25, -0.2) is 9.18 Å². The van der Waals surface area contributed by atoms with Crippen LogP contribution in [0.5, 0.6) is 0 Å². The van der Waals surface area contributed by atoms with Crippen LogP contribution in [-0.2, 0) is 10.3 Å². The van der Waals surface area contributed by atoms with Crippen molar-refractivity contribution in [2.45, 2.75) is 52.0 Å². The number of halogens is 1. The number of urea groups is 1. The van der Waals surface area contributed by atoms with Crippen molar-refractivity contribution in [1.29, 1.82) is 0 Å². The number of carbonyl (C=O) groups is 2. The first-order valence-electron chi connectivity index (χ1n) is 10.1. The second-order valence-electron chi connectivity index (χ2n) is 8.05. The van der Waals surface area contributed by atoms with E-state index < -0.39 is 5.54 Å². The van der Waals surface area contributed by atoms with E-state index in [0.717, 1.165) is 36.8 Å². The van der Waals surface area contributed by atoms with Crippen molar-refractivity contribution in [3.63, 3.8) is 0 Å². The number of rotatable bonds is 5. The van der Waals surface area contributed by atoms with Gasteiger partial charge < -0.3 is 16.0 Å². The van der Waals surface area contributed by atoms with Gasteiger partial charge in [-0.3, -0.25) is 4.79 Å². The van der Waals surface area contributed by atoms with E-state index in [1.54, 1.807) is 18.2 Å². The Balaban J connectivity index is 1.75. The van der Waals surface area contributed by atoms with Crippen LogP contribution >= 0.6 is 0 Å². The molecule has 1 saturated carbocycles. The van der Waals surface area contributed by atoms with Gasteiger partial charge in [0.2, 0.25) is 5.91 Å². The molecule has 0 aliphatic heterocycles. The topological polar surface area (TPSA) is 70.2 Å². The van der Waals surface area contributed by atoms with Crippen LogP contribution in [0.15, 0.2) is 42.5 Å². The molecule has 1 aliphatic rings. The van der Waals surface area contributed by atoms with Gasteiger partial charge in [0.1, 0.15) is 5.82 Å². The molecular weight excluding hydrogens is 369 g/mol. The quantitative estimate of drug-likeness (QED) is 0.639. The van der Waals surface area contributed by atoms with E-state index >= 15 is 0 Å². The lowest BCUT2D eigenvalue weighted by Crippen LogP contribution is -2.45. The van der Waals surface area contributed by atoms with Crippen LogP contribution in [0, 0.1) is 18.7 Å². The molecule has 3 amide bonds. The van der Waals surface area contributed by atoms with Crippen LogP contribution in [0.1, 0.15) is 50.7 Å². The minimum atomic E-state index is -0.491. The number of nitrogens with one attached hydrogen (secondary N) is 3. The van der Waals surface area contributed by atoms with Gasteiger partial charge in [-0.2, -0.15) is 0 Å². The molecule has 154 valence electrons. The fraction of sp³-hybridized carbons (Fsp3) is 0.391. The van der Waals surface area contributed by atoms with Gasteiger partial charge in [0.15, 0.2) is 0 Å². The zero-order valence-electron chi connectivity index (χ0n) is 17.1. The first kappa shape index (κ1) is 20.8. The smallest absolute Gasteiger partial charge is 0.319 e. The summed E-state index contributed by atoms with van der Waals surface area (Å²) in [5.41, 5.74) is 2.59. The fourth-order valence-electron chi connectivity index (χ4n) is 3.73. The molecule has 0 heterocycles. The third-order valence-corrected chi connectivity index (χ3v) is 5.48. The zero-order chi connectivity index (χ0) is 21.0. The average Bonchev–Trinajstić information content (AvgIpc) is 3.14. The fourth-order valence-corrected chi connectivity index (χ4v) is 3.73. The molecule has 2 aromatic carbocycles. The van der Waals surface area contributed by atoms with Crippen molar-refractivity contribution in [3.05, 3.63) is 59.4 Å². The molecule has 0 atom stereocenters. The Labute approximate surface area is 171 Å². The van der Waals surface area contributed by atoms with Gasteiger partial charge in [0.05, 0.1) is 5.54 Å². The summed E-state index contributed by atoms with van der Waals surface area (Å²) in [6, 6.07) is 11.5. The largest absolute Gasteiger partial charge is 0.328 e. The summed E-state index contributed by atoms with van der Waals surface area (Å²) >= 11 is 0. The number of aryl methyl sites for hydroxylation is 1. The highest BCUT2D eigenvalue weighted by Gasteiger charge is 2.37. The highest BCUT2D eigenvalue weighted by Crippen LogP contribution is 2.39. The predicted octanol–water partition coefficient (Wildman–Crippen LogP) is 5.32. The third kappa shape index (κ3) is 4.94. The number of hydrogen-bond donors (Lipinski definition) is 3. The highest BCUT2D eigenvalue weighted by atomic mass is 19.1. The van der Waals surface area contributed by atoms with E-state index in [-0.39, 0.29) is 23.7 Å². The maximum Gasteiger partial charge on any atom is 0.319 e. The summed E-state index contributed by atoms with van der Waals surface area (Å²) in [5.74, 6) is -0.498. The molecule has 6 heteroatoms. The number of hydrogen-bond acceptors (Lipinski definition) is 2. The summed E-state index contributed by atoms with van der Waals surface area (Å²) in [7, 11) is 0. The highest BCUT2D eigenvalue weighted by molar-refractivity contribution is 5.95. The van der Waals surface area contributed by atoms with Crippen LogP contribution in [0.4, 0.5) is 20.6 Å². The van der Waals surface area contributed by atoms with E-state index in [1.807, 2.05) is 32.9 Å². The molecule has 0 bridgehead atoms. The SMILES string of the molecule is Cc1ccc(NC(=O)C(C)C)cc1NC(=O)NC1(c2ccc(F)cc2)CCCC1. The molecule has 0 aromatic heterocycles. The molecule has 0 radical (unpaired) electrons. The molecule has 3 N–H and O–H groups in total. The van der Waals surface area contributed by atoms with E-state index in [2.05, 4.69) is 16.0 Å². The monoisotopic (exact) mass is 397 g/mol. The maximum atomic E-state index is 13.3. The van der Waals surface area contributed by atoms with Crippen molar-refractivity contribution in [3.8, 4) is 0 Å². The Bertz CT molecular complexity index is 887. The lowest BCUT2D eigenvalue weighted by Gasteiger charge is -2.31. The van der Waals surface area contributed by atoms with Crippen molar-refractivity contribution in [2.24, 2.45) is 5.92 Å². The summed E-state index contributed by atoms with van der Waals surface area (Å²) in [6.45, 7) is 5.55. The lowest BCUT2D eigenvalue weighted by atomic mass is 9.88. The molecule has 0 saturated heterocycles. The summed E-state index contributed by atoms with van der Waals surface area (Å²) in [4.78, 5) is 24.8. The predicted molar refractivity (Wildman–Crippen MR) is 113 cm³/mol. The van der Waals surface area contributed by atoms with Crippen LogP contribution in [0.25, 0.3) is 0 Å². The number of anilines is 2. The van der Waals surface area contributed by atoms with Crippen LogP contribution in [0.3, 0.4) is 0 Å². The second kappa shape index (κ2) is 8.64. The van der Waals surface area contributed by atoms with Gasteiger partial charge in [-0.05, 0) is 55.2 Å². The average molecular weight is 397 g/mol. The molecule has 29 heavy (non-hydrogen) atoms. The minimum absolute atomic E-state index is 0.0783. The Morgan fingerprint density at radius 2 is 1.66 bits per heavy atom. The van der Waals surface area contributed by atoms with Gasteiger partial charge in [0.25, 0.3) is 0 Å². The first-order chi connectivity index (χ1) is 13.8. The maximum absolute atomic E-state index is 13.3. The number of amides is 3. The third-order valence-electron chi connectivity index (χ3n) is 5.48. The molecule has 0 spiro atoms. The van der Waals surface area contributed by atoms with Crippen molar-refractivity contribution < 1.29 is 14.0 Å². The first-order valence-corrected chi connectivity index (χ1v) is 10.1. The van der Waals surface area contributed by atoms with Crippen LogP contribution in [0.2, 0.25) is 0 Å². The van der Waals surface area contributed by atoms with Crippen LogP contribution < -0.4 is 16.0 Å². The molecular formula is C23H28FN3O2. The Morgan fingerprint density at radius 1 is 1.00 bits per heavy atom. The molecule has 2 aromatic rings. The van der Waals surface area contributed by atoms with Gasteiger partial charge >= 0.3 is 6.03 Å². The Hall–Kier alpha value is -2.89.